The first-order chi connectivity index (χ1) is 11.9. The maximum atomic E-state index is 9.73. The number of benzene rings is 2. The smallest absolute Gasteiger partial charge is 0.161 e. The highest BCUT2D eigenvalue weighted by Crippen LogP contribution is 2.37. The summed E-state index contributed by atoms with van der Waals surface area (Å²) < 4.78 is 11.2. The number of pyridine rings is 1. The minimum absolute atomic E-state index is 0.537. The molecule has 0 N–H and O–H groups in total. The zero-order valence-electron chi connectivity index (χ0n) is 12.9. The van der Waals surface area contributed by atoms with E-state index in [-0.39, 0.29) is 0 Å². The van der Waals surface area contributed by atoms with Gasteiger partial charge in [-0.05, 0) is 29.8 Å². The van der Waals surface area contributed by atoms with Gasteiger partial charge in [-0.2, -0.15) is 5.26 Å². The molecule has 4 rings (SSSR count). The first-order valence-electron chi connectivity index (χ1n) is 7.71. The molecule has 116 valence electrons. The second-order valence-corrected chi connectivity index (χ2v) is 5.41. The molecule has 0 spiro atoms. The molecule has 0 fully saturated rings. The lowest BCUT2D eigenvalue weighted by atomic mass is 9.94. The molecular formula is C20H14N2O2. The molecule has 0 aliphatic carbocycles. The van der Waals surface area contributed by atoms with Crippen LogP contribution in [0.4, 0.5) is 0 Å². The highest BCUT2D eigenvalue weighted by atomic mass is 16.6. The number of nitrogens with zero attached hydrogens (tertiary/aromatic N) is 2. The summed E-state index contributed by atoms with van der Waals surface area (Å²) in [7, 11) is 0. The van der Waals surface area contributed by atoms with Crippen LogP contribution in [-0.2, 0) is 0 Å². The summed E-state index contributed by atoms with van der Waals surface area (Å²) >= 11 is 0. The molecule has 0 radical (unpaired) electrons. The van der Waals surface area contributed by atoms with Gasteiger partial charge < -0.3 is 9.47 Å². The molecule has 1 aliphatic rings. The fraction of sp³-hybridized carbons (Fsp3) is 0.100. The van der Waals surface area contributed by atoms with Gasteiger partial charge >= 0.3 is 0 Å². The molecule has 1 aromatic heterocycles. The number of ether oxygens (including phenoxy) is 2. The van der Waals surface area contributed by atoms with E-state index in [9.17, 15) is 5.26 Å². The number of hydrogen-bond acceptors (Lipinski definition) is 4. The van der Waals surface area contributed by atoms with E-state index in [2.05, 4.69) is 11.1 Å². The zero-order valence-corrected chi connectivity index (χ0v) is 12.9. The first-order valence-corrected chi connectivity index (χ1v) is 7.71. The van der Waals surface area contributed by atoms with Crippen molar-refractivity contribution in [3.05, 3.63) is 66.4 Å². The summed E-state index contributed by atoms with van der Waals surface area (Å²) in [5.74, 6) is 1.45. The third-order valence-corrected chi connectivity index (χ3v) is 3.97. The Kier molecular flexibility index (Phi) is 3.60. The van der Waals surface area contributed by atoms with Crippen LogP contribution in [0.25, 0.3) is 22.4 Å². The average Bonchev–Trinajstić information content (AvgIpc) is 2.67. The molecule has 0 amide bonds. The van der Waals surface area contributed by atoms with E-state index >= 15 is 0 Å². The van der Waals surface area contributed by atoms with E-state index in [1.165, 1.54) is 0 Å². The second-order valence-electron chi connectivity index (χ2n) is 5.41. The molecule has 0 saturated carbocycles. The van der Waals surface area contributed by atoms with Gasteiger partial charge in [-0.3, -0.25) is 4.98 Å². The van der Waals surface area contributed by atoms with Crippen LogP contribution < -0.4 is 9.47 Å². The fourth-order valence-electron chi connectivity index (χ4n) is 2.86. The largest absolute Gasteiger partial charge is 0.486 e. The molecule has 0 unspecified atom stereocenters. The topological polar surface area (TPSA) is 55.1 Å². The summed E-state index contributed by atoms with van der Waals surface area (Å²) in [6.07, 6.45) is 1.73. The lowest BCUT2D eigenvalue weighted by Crippen LogP contribution is -2.15. The third kappa shape index (κ3) is 2.46. The lowest BCUT2D eigenvalue weighted by molar-refractivity contribution is 0.171. The Morgan fingerprint density at radius 2 is 1.71 bits per heavy atom. The molecule has 1 aliphatic heterocycles. The molecule has 3 aromatic rings. The van der Waals surface area contributed by atoms with Crippen molar-refractivity contribution in [2.45, 2.75) is 0 Å². The Balaban J connectivity index is 1.86. The molecule has 4 nitrogen and oxygen atoms in total. The molecule has 2 heterocycles. The van der Waals surface area contributed by atoms with Gasteiger partial charge in [-0.15, -0.1) is 0 Å². The van der Waals surface area contributed by atoms with Crippen LogP contribution in [0.15, 0.2) is 60.8 Å². The number of nitriles is 1. The van der Waals surface area contributed by atoms with Crippen LogP contribution in [0.3, 0.4) is 0 Å². The summed E-state index contributed by atoms with van der Waals surface area (Å²) in [5.41, 5.74) is 4.00. The standard InChI is InChI=1S/C20H14N2O2/c21-13-17-15(4-3-5-16(17)18-6-1-2-9-22-18)14-7-8-19-20(12-14)24-11-10-23-19/h1-9,12H,10-11H2. The number of fused-ring (bicyclic) bond motifs is 1. The van der Waals surface area contributed by atoms with Crippen molar-refractivity contribution in [3.63, 3.8) is 0 Å². The summed E-state index contributed by atoms with van der Waals surface area (Å²) in [6, 6.07) is 19.6. The minimum atomic E-state index is 0.537. The third-order valence-electron chi connectivity index (χ3n) is 3.97. The molecule has 2 aromatic carbocycles. The normalized spacial score (nSPS) is 12.5. The lowest BCUT2D eigenvalue weighted by Gasteiger charge is -2.19. The zero-order chi connectivity index (χ0) is 16.4. The van der Waals surface area contributed by atoms with Gasteiger partial charge in [-0.1, -0.05) is 30.3 Å². The van der Waals surface area contributed by atoms with Crippen molar-refractivity contribution >= 4 is 0 Å². The van der Waals surface area contributed by atoms with Crippen molar-refractivity contribution in [2.24, 2.45) is 0 Å². The Hall–Kier alpha value is -3.32. The molecular weight excluding hydrogens is 300 g/mol. The first kappa shape index (κ1) is 14.3. The predicted octanol–water partition coefficient (Wildman–Crippen LogP) is 4.06. The minimum Gasteiger partial charge on any atom is -0.486 e. The van der Waals surface area contributed by atoms with Crippen molar-refractivity contribution in [1.29, 1.82) is 5.26 Å². The highest BCUT2D eigenvalue weighted by Gasteiger charge is 2.16. The van der Waals surface area contributed by atoms with Crippen LogP contribution in [0.2, 0.25) is 0 Å². The Bertz CT molecular complexity index is 930. The van der Waals surface area contributed by atoms with E-state index in [1.807, 2.05) is 54.6 Å². The van der Waals surface area contributed by atoms with Gasteiger partial charge in [0, 0.05) is 17.3 Å². The number of rotatable bonds is 2. The van der Waals surface area contributed by atoms with Crippen LogP contribution in [0.1, 0.15) is 5.56 Å². The Morgan fingerprint density at radius 1 is 0.875 bits per heavy atom. The van der Waals surface area contributed by atoms with Gasteiger partial charge in [-0.25, -0.2) is 0 Å². The highest BCUT2D eigenvalue weighted by molar-refractivity contribution is 5.81. The molecule has 0 atom stereocenters. The van der Waals surface area contributed by atoms with Gasteiger partial charge in [0.1, 0.15) is 19.3 Å². The van der Waals surface area contributed by atoms with Gasteiger partial charge in [0.2, 0.25) is 0 Å². The molecule has 24 heavy (non-hydrogen) atoms. The number of aromatic nitrogens is 1. The van der Waals surface area contributed by atoms with E-state index in [4.69, 9.17) is 9.47 Å². The Labute approximate surface area is 139 Å². The predicted molar refractivity (Wildman–Crippen MR) is 90.8 cm³/mol. The van der Waals surface area contributed by atoms with Crippen LogP contribution in [0, 0.1) is 11.3 Å². The average molecular weight is 314 g/mol. The van der Waals surface area contributed by atoms with E-state index < -0.39 is 0 Å². The molecule has 4 heteroatoms. The summed E-state index contributed by atoms with van der Waals surface area (Å²) in [6.45, 7) is 1.10. The van der Waals surface area contributed by atoms with Gasteiger partial charge in [0.05, 0.1) is 11.3 Å². The van der Waals surface area contributed by atoms with Crippen molar-refractivity contribution in [3.8, 4) is 40.0 Å². The van der Waals surface area contributed by atoms with Crippen LogP contribution in [-0.4, -0.2) is 18.2 Å². The number of hydrogen-bond donors (Lipinski definition) is 0. The second kappa shape index (κ2) is 6.05. The molecule has 0 saturated heterocycles. The maximum Gasteiger partial charge on any atom is 0.161 e. The van der Waals surface area contributed by atoms with Crippen molar-refractivity contribution in [1.82, 2.24) is 4.98 Å². The van der Waals surface area contributed by atoms with E-state index in [1.54, 1.807) is 6.20 Å². The maximum absolute atomic E-state index is 9.73. The van der Waals surface area contributed by atoms with Gasteiger partial charge in [0.25, 0.3) is 0 Å². The summed E-state index contributed by atoms with van der Waals surface area (Å²) in [4.78, 5) is 4.37. The van der Waals surface area contributed by atoms with Gasteiger partial charge in [0.15, 0.2) is 11.5 Å². The van der Waals surface area contributed by atoms with Crippen molar-refractivity contribution < 1.29 is 9.47 Å². The fourth-order valence-corrected chi connectivity index (χ4v) is 2.86. The van der Waals surface area contributed by atoms with E-state index in [0.717, 1.165) is 28.1 Å². The summed E-state index contributed by atoms with van der Waals surface area (Å²) in [5, 5.41) is 9.73. The monoisotopic (exact) mass is 314 g/mol. The van der Waals surface area contributed by atoms with E-state index in [0.29, 0.717) is 24.5 Å². The SMILES string of the molecule is N#Cc1c(-c2ccc3c(c2)OCCO3)cccc1-c1ccccn1. The molecule has 0 bridgehead atoms. The van der Waals surface area contributed by atoms with Crippen LogP contribution >= 0.6 is 0 Å². The Morgan fingerprint density at radius 3 is 2.50 bits per heavy atom. The quantitative estimate of drug-likeness (QED) is 0.716. The van der Waals surface area contributed by atoms with Crippen LogP contribution in [0.5, 0.6) is 11.5 Å². The van der Waals surface area contributed by atoms with Crippen molar-refractivity contribution in [2.75, 3.05) is 13.2 Å².